The van der Waals surface area contributed by atoms with E-state index in [-0.39, 0.29) is 22.8 Å². The fourth-order valence-electron chi connectivity index (χ4n) is 4.23. The number of methoxy groups -OCH3 is 1. The van der Waals surface area contributed by atoms with E-state index in [9.17, 15) is 45.9 Å². The summed E-state index contributed by atoms with van der Waals surface area (Å²) in [5.74, 6) is -13.1. The van der Waals surface area contributed by atoms with Gasteiger partial charge in [-0.1, -0.05) is 65.0 Å². The Morgan fingerprint density at radius 1 is 0.804 bits per heavy atom. The van der Waals surface area contributed by atoms with Gasteiger partial charge in [0.25, 0.3) is 11.8 Å². The summed E-state index contributed by atoms with van der Waals surface area (Å²) in [4.78, 5) is 65.8. The first kappa shape index (κ1) is 42.8. The molecule has 282 valence electrons. The minimum atomic E-state index is -5.03. The molecule has 3 unspecified atom stereocenters. The number of alkyl halides is 5. The van der Waals surface area contributed by atoms with Gasteiger partial charge in [-0.3, -0.25) is 24.0 Å². The molecule has 0 saturated heterocycles. The maximum absolute atomic E-state index is 14.9. The van der Waals surface area contributed by atoms with Crippen LogP contribution in [0, 0.1) is 5.92 Å². The topological polar surface area (TPSA) is 152 Å². The number of Topliss-reactive ketones (excluding diaryl/α,β-unsaturated/α-hetero) is 1. The van der Waals surface area contributed by atoms with Gasteiger partial charge < -0.3 is 30.4 Å². The molecule has 0 spiro atoms. The summed E-state index contributed by atoms with van der Waals surface area (Å²) in [6.07, 6.45) is -5.03. The number of benzene rings is 2. The highest BCUT2D eigenvalue weighted by molar-refractivity contribution is 6.74. The van der Waals surface area contributed by atoms with Crippen molar-refractivity contribution in [1.82, 2.24) is 21.3 Å². The molecule has 51 heavy (non-hydrogen) atoms. The molecule has 0 aliphatic rings. The molecule has 0 aliphatic carbocycles. The predicted octanol–water partition coefficient (Wildman–Crippen LogP) is 4.70. The number of ketones is 1. The number of carbonyl (C=O) groups is 5. The summed E-state index contributed by atoms with van der Waals surface area (Å²) >= 11 is 0. The normalized spacial score (nSPS) is 14.2. The zero-order valence-corrected chi connectivity index (χ0v) is 30.7. The number of halogens is 5. The lowest BCUT2D eigenvalue weighted by molar-refractivity contribution is -0.165. The Hall–Kier alpha value is -4.38. The smallest absolute Gasteiger partial charge is 0.405 e. The highest BCUT2D eigenvalue weighted by Crippen LogP contribution is 2.36. The molecule has 2 rings (SSSR count). The maximum Gasteiger partial charge on any atom is 0.405 e. The molecular weight excluding hydrogens is 699 g/mol. The Morgan fingerprint density at radius 3 is 1.86 bits per heavy atom. The summed E-state index contributed by atoms with van der Waals surface area (Å²) in [5.41, 5.74) is 0.329. The monoisotopic (exact) mass is 744 g/mol. The molecule has 2 aromatic rings. The van der Waals surface area contributed by atoms with Crippen molar-refractivity contribution in [1.29, 1.82) is 0 Å². The van der Waals surface area contributed by atoms with Gasteiger partial charge in [0, 0.05) is 5.56 Å². The van der Waals surface area contributed by atoms with Crippen molar-refractivity contribution in [2.75, 3.05) is 20.3 Å². The van der Waals surface area contributed by atoms with Crippen LogP contribution in [0.1, 0.15) is 56.6 Å². The molecule has 2 aromatic carbocycles. The summed E-state index contributed by atoms with van der Waals surface area (Å²) in [5, 5.41) is 7.97. The van der Waals surface area contributed by atoms with Crippen LogP contribution in [0.15, 0.2) is 54.6 Å². The highest BCUT2D eigenvalue weighted by atomic mass is 28.4. The summed E-state index contributed by atoms with van der Waals surface area (Å²) in [6, 6.07) is 8.52. The minimum absolute atomic E-state index is 0.102. The zero-order valence-electron chi connectivity index (χ0n) is 29.7. The number of nitrogens with one attached hydrogen (secondary N) is 4. The highest BCUT2D eigenvalue weighted by Gasteiger charge is 2.52. The Balaban J connectivity index is 2.48. The van der Waals surface area contributed by atoms with Crippen LogP contribution in [0.3, 0.4) is 0 Å². The van der Waals surface area contributed by atoms with Gasteiger partial charge in [0.1, 0.15) is 24.4 Å². The van der Waals surface area contributed by atoms with Gasteiger partial charge in [0.15, 0.2) is 8.32 Å². The van der Waals surface area contributed by atoms with Gasteiger partial charge in [0.05, 0.1) is 19.8 Å². The minimum Gasteiger partial charge on any atom is -0.497 e. The molecule has 0 radical (unpaired) electrons. The lowest BCUT2D eigenvalue weighted by atomic mass is 9.94. The van der Waals surface area contributed by atoms with E-state index in [0.717, 1.165) is 5.32 Å². The van der Waals surface area contributed by atoms with E-state index in [1.807, 2.05) is 33.9 Å². The zero-order chi connectivity index (χ0) is 38.9. The van der Waals surface area contributed by atoms with Gasteiger partial charge in [-0.25, -0.2) is 0 Å². The SMILES string of the molecule is COc1ccc(C(NC(=O)C(CO[Si](C)(C)C(C)(C)C)NC(=O)c2ccccc2)C(=O)NC(C(=O)C(F)(F)C(=O)NCC(F)(F)F)C(C)C)cc1. The van der Waals surface area contributed by atoms with Crippen LogP contribution in [0.5, 0.6) is 5.75 Å². The number of ether oxygens (including phenoxy) is 1. The molecule has 4 amide bonds. The molecule has 0 aliphatic heterocycles. The van der Waals surface area contributed by atoms with Gasteiger partial charge in [0.2, 0.25) is 17.6 Å². The second-order valence-electron chi connectivity index (χ2n) is 13.6. The fraction of sp³-hybridized carbons (Fsp3) is 0.500. The van der Waals surface area contributed by atoms with Crippen molar-refractivity contribution in [2.24, 2.45) is 5.92 Å². The van der Waals surface area contributed by atoms with E-state index in [0.29, 0.717) is 5.75 Å². The second kappa shape index (κ2) is 17.2. The van der Waals surface area contributed by atoms with Crippen LogP contribution in [-0.2, 0) is 23.6 Å². The van der Waals surface area contributed by atoms with Crippen molar-refractivity contribution in [3.8, 4) is 5.75 Å². The van der Waals surface area contributed by atoms with Crippen molar-refractivity contribution >= 4 is 37.7 Å². The van der Waals surface area contributed by atoms with E-state index in [2.05, 4.69) is 16.0 Å². The van der Waals surface area contributed by atoms with Crippen LogP contribution in [-0.4, -0.2) is 82.2 Å². The number of hydrogen-bond acceptors (Lipinski definition) is 7. The third kappa shape index (κ3) is 12.1. The number of hydrogen-bond donors (Lipinski definition) is 4. The number of carbonyl (C=O) groups excluding carboxylic acids is 5. The second-order valence-corrected chi connectivity index (χ2v) is 18.5. The van der Waals surface area contributed by atoms with Crippen LogP contribution in [0.2, 0.25) is 18.1 Å². The predicted molar refractivity (Wildman–Crippen MR) is 181 cm³/mol. The molecule has 3 atom stereocenters. The van der Waals surface area contributed by atoms with Crippen LogP contribution < -0.4 is 26.0 Å². The molecule has 0 saturated carbocycles. The Morgan fingerprint density at radius 2 is 1.37 bits per heavy atom. The third-order valence-corrected chi connectivity index (χ3v) is 12.9. The quantitative estimate of drug-likeness (QED) is 0.111. The fourth-order valence-corrected chi connectivity index (χ4v) is 5.25. The standard InChI is InChI=1S/C34H45F5N4O7Si/c1-20(2)25(27(44)34(38,39)31(48)40-19-33(35,36)37)42-30(47)26(21-14-16-23(49-6)17-15-21)43-29(46)24(18-50-51(7,8)32(3,4)5)41-28(45)22-12-10-9-11-13-22/h9-17,20,24-26H,18-19H2,1-8H3,(H,40,48)(H,41,45)(H,42,47)(H,43,46). The first-order valence-electron chi connectivity index (χ1n) is 15.9. The van der Waals surface area contributed by atoms with Crippen molar-refractivity contribution in [3.63, 3.8) is 0 Å². The van der Waals surface area contributed by atoms with Crippen LogP contribution >= 0.6 is 0 Å². The van der Waals surface area contributed by atoms with Gasteiger partial charge in [-0.15, -0.1) is 0 Å². The summed E-state index contributed by atoms with van der Waals surface area (Å²) < 4.78 is 78.8. The first-order valence-corrected chi connectivity index (χ1v) is 18.8. The average Bonchev–Trinajstić information content (AvgIpc) is 3.05. The summed E-state index contributed by atoms with van der Waals surface area (Å²) in [7, 11) is -1.12. The van der Waals surface area contributed by atoms with E-state index < -0.39 is 80.4 Å². The Labute approximate surface area is 294 Å². The lowest BCUT2D eigenvalue weighted by Gasteiger charge is -2.37. The molecule has 0 fully saturated rings. The van der Waals surface area contributed by atoms with Crippen molar-refractivity contribution < 1.29 is 55.1 Å². The van der Waals surface area contributed by atoms with E-state index in [1.54, 1.807) is 18.2 Å². The van der Waals surface area contributed by atoms with Gasteiger partial charge in [-0.05, 0) is 53.9 Å². The average molecular weight is 745 g/mol. The van der Waals surface area contributed by atoms with Gasteiger partial charge >= 0.3 is 12.1 Å². The van der Waals surface area contributed by atoms with Crippen molar-refractivity contribution in [2.45, 2.75) is 83.0 Å². The lowest BCUT2D eigenvalue weighted by Crippen LogP contribution is -2.59. The van der Waals surface area contributed by atoms with Crippen LogP contribution in [0.4, 0.5) is 22.0 Å². The van der Waals surface area contributed by atoms with E-state index in [1.165, 1.54) is 57.4 Å². The van der Waals surface area contributed by atoms with Gasteiger partial charge in [-0.2, -0.15) is 22.0 Å². The van der Waals surface area contributed by atoms with E-state index >= 15 is 0 Å². The Kier molecular flexibility index (Phi) is 14.4. The third-order valence-electron chi connectivity index (χ3n) is 8.36. The largest absolute Gasteiger partial charge is 0.497 e. The summed E-state index contributed by atoms with van der Waals surface area (Å²) in [6.45, 7) is 9.88. The van der Waals surface area contributed by atoms with Crippen LogP contribution in [0.25, 0.3) is 0 Å². The molecular formula is C34H45F5N4O7Si. The molecule has 0 aromatic heterocycles. The Bertz CT molecular complexity index is 1530. The maximum atomic E-state index is 14.9. The molecule has 17 heteroatoms. The molecule has 0 heterocycles. The molecule has 0 bridgehead atoms. The van der Waals surface area contributed by atoms with E-state index in [4.69, 9.17) is 9.16 Å². The number of amides is 4. The molecule has 11 nitrogen and oxygen atoms in total. The number of rotatable bonds is 16. The van der Waals surface area contributed by atoms with Crippen molar-refractivity contribution in [3.05, 3.63) is 65.7 Å². The first-order chi connectivity index (χ1) is 23.4. The molecule has 4 N–H and O–H groups in total.